The second-order valence-electron chi connectivity index (χ2n) is 4.13. The predicted octanol–water partition coefficient (Wildman–Crippen LogP) is 2.13. The Hall–Kier alpha value is -1.72. The Morgan fingerprint density at radius 3 is 2.50 bits per heavy atom. The average Bonchev–Trinajstić information content (AvgIpc) is 2.24. The first-order valence-electron chi connectivity index (χ1n) is 5.40. The Bertz CT molecular complexity index is 381. The predicted molar refractivity (Wildman–Crippen MR) is 59.2 cm³/mol. The van der Waals surface area contributed by atoms with E-state index in [-0.39, 0.29) is 11.2 Å². The monoisotopic (exact) mass is 222 g/mol. The van der Waals surface area contributed by atoms with Gasteiger partial charge in [-0.05, 0) is 25.7 Å². The van der Waals surface area contributed by atoms with Crippen LogP contribution >= 0.6 is 0 Å². The van der Waals surface area contributed by atoms with Crippen molar-refractivity contribution < 1.29 is 4.92 Å². The van der Waals surface area contributed by atoms with E-state index in [9.17, 15) is 10.1 Å². The number of hydrogen-bond acceptors (Lipinski definition) is 5. The molecule has 1 saturated carbocycles. The fraction of sp³-hybridized carbons (Fsp3) is 0.600. The zero-order chi connectivity index (χ0) is 11.6. The summed E-state index contributed by atoms with van der Waals surface area (Å²) in [6, 6.07) is 0. The van der Waals surface area contributed by atoms with Gasteiger partial charge < -0.3 is 5.32 Å². The van der Waals surface area contributed by atoms with Crippen LogP contribution in [0, 0.1) is 10.1 Å². The number of rotatable bonds is 4. The summed E-state index contributed by atoms with van der Waals surface area (Å²) in [4.78, 5) is 17.8. The van der Waals surface area contributed by atoms with Crippen LogP contribution in [-0.4, -0.2) is 20.4 Å². The molecule has 1 aliphatic carbocycles. The molecule has 1 aromatic rings. The maximum absolute atomic E-state index is 10.4. The molecule has 0 amide bonds. The van der Waals surface area contributed by atoms with Crippen molar-refractivity contribution in [1.82, 2.24) is 9.97 Å². The van der Waals surface area contributed by atoms with Crippen LogP contribution < -0.4 is 5.32 Å². The summed E-state index contributed by atoms with van der Waals surface area (Å²) in [5.74, 6) is 0.479. The molecule has 1 fully saturated rings. The zero-order valence-corrected chi connectivity index (χ0v) is 9.14. The van der Waals surface area contributed by atoms with Crippen molar-refractivity contribution in [1.29, 1.82) is 0 Å². The highest BCUT2D eigenvalue weighted by Crippen LogP contribution is 2.37. The van der Waals surface area contributed by atoms with Gasteiger partial charge in [0.1, 0.15) is 12.4 Å². The normalized spacial score (nSPS) is 17.6. The third-order valence-electron chi connectivity index (χ3n) is 3.21. The molecule has 6 nitrogen and oxygen atoms in total. The van der Waals surface area contributed by atoms with Gasteiger partial charge in [-0.15, -0.1) is 0 Å². The summed E-state index contributed by atoms with van der Waals surface area (Å²) in [5.41, 5.74) is 0.0283. The highest BCUT2D eigenvalue weighted by atomic mass is 16.6. The molecule has 1 N–H and O–H groups in total. The SMILES string of the molecule is CCC1(Nc2ncc([N+](=O)[O-])cn2)CCC1. The van der Waals surface area contributed by atoms with Gasteiger partial charge in [-0.1, -0.05) is 6.92 Å². The summed E-state index contributed by atoms with van der Waals surface area (Å²) in [6.07, 6.45) is 6.93. The second kappa shape index (κ2) is 4.03. The van der Waals surface area contributed by atoms with Crippen LogP contribution in [0.2, 0.25) is 0 Å². The molecule has 0 bridgehead atoms. The minimum atomic E-state index is -0.497. The van der Waals surface area contributed by atoms with Crippen molar-refractivity contribution >= 4 is 11.6 Å². The van der Waals surface area contributed by atoms with Crippen LogP contribution in [-0.2, 0) is 0 Å². The standard InChI is InChI=1S/C10H14N4O2/c1-2-10(4-3-5-10)13-9-11-6-8(7-12-9)14(15)16/h6-7H,2-5H2,1H3,(H,11,12,13). The van der Waals surface area contributed by atoms with Gasteiger partial charge in [0.2, 0.25) is 5.95 Å². The summed E-state index contributed by atoms with van der Waals surface area (Å²) in [6.45, 7) is 2.12. The van der Waals surface area contributed by atoms with E-state index >= 15 is 0 Å². The molecular weight excluding hydrogens is 208 g/mol. The lowest BCUT2D eigenvalue weighted by Crippen LogP contribution is -2.44. The van der Waals surface area contributed by atoms with Gasteiger partial charge in [0.25, 0.3) is 0 Å². The van der Waals surface area contributed by atoms with E-state index in [1.165, 1.54) is 18.8 Å². The second-order valence-corrected chi connectivity index (χ2v) is 4.13. The van der Waals surface area contributed by atoms with Crippen molar-refractivity contribution in [2.24, 2.45) is 0 Å². The topological polar surface area (TPSA) is 81.0 Å². The molecule has 0 spiro atoms. The Labute approximate surface area is 93.3 Å². The largest absolute Gasteiger partial charge is 0.349 e. The van der Waals surface area contributed by atoms with E-state index in [1.54, 1.807) is 0 Å². The van der Waals surface area contributed by atoms with Gasteiger partial charge in [0, 0.05) is 5.54 Å². The zero-order valence-electron chi connectivity index (χ0n) is 9.14. The number of nitrogens with one attached hydrogen (secondary N) is 1. The fourth-order valence-electron chi connectivity index (χ4n) is 1.89. The van der Waals surface area contributed by atoms with Crippen molar-refractivity contribution in [2.45, 2.75) is 38.1 Å². The molecule has 6 heteroatoms. The lowest BCUT2D eigenvalue weighted by molar-refractivity contribution is -0.385. The van der Waals surface area contributed by atoms with Crippen LogP contribution in [0.1, 0.15) is 32.6 Å². The molecule has 0 aromatic carbocycles. The Morgan fingerprint density at radius 2 is 2.12 bits per heavy atom. The lowest BCUT2D eigenvalue weighted by atomic mass is 9.75. The van der Waals surface area contributed by atoms with Gasteiger partial charge >= 0.3 is 5.69 Å². The third-order valence-corrected chi connectivity index (χ3v) is 3.21. The quantitative estimate of drug-likeness (QED) is 0.623. The third kappa shape index (κ3) is 1.95. The summed E-state index contributed by atoms with van der Waals surface area (Å²) < 4.78 is 0. The number of aromatic nitrogens is 2. The van der Waals surface area contributed by atoms with Crippen molar-refractivity contribution in [3.63, 3.8) is 0 Å². The van der Waals surface area contributed by atoms with Crippen LogP contribution in [0.3, 0.4) is 0 Å². The minimum Gasteiger partial charge on any atom is -0.349 e. The van der Waals surface area contributed by atoms with Crippen molar-refractivity contribution in [3.05, 3.63) is 22.5 Å². The van der Waals surface area contributed by atoms with Gasteiger partial charge in [-0.3, -0.25) is 10.1 Å². The van der Waals surface area contributed by atoms with Crippen LogP contribution in [0.25, 0.3) is 0 Å². The summed E-state index contributed by atoms with van der Waals surface area (Å²) >= 11 is 0. The van der Waals surface area contributed by atoms with Gasteiger partial charge in [-0.25, -0.2) is 9.97 Å². The highest BCUT2D eigenvalue weighted by Gasteiger charge is 2.35. The van der Waals surface area contributed by atoms with Crippen LogP contribution in [0.5, 0.6) is 0 Å². The molecule has 0 unspecified atom stereocenters. The van der Waals surface area contributed by atoms with Gasteiger partial charge in [0.05, 0.1) is 4.92 Å². The molecule has 1 heterocycles. The molecule has 0 saturated heterocycles. The molecule has 0 atom stereocenters. The number of nitro groups is 1. The van der Waals surface area contributed by atoms with Crippen molar-refractivity contribution in [2.75, 3.05) is 5.32 Å². The van der Waals surface area contributed by atoms with E-state index in [2.05, 4.69) is 22.2 Å². The smallest absolute Gasteiger partial charge is 0.305 e. The molecule has 0 radical (unpaired) electrons. The number of nitrogens with zero attached hydrogens (tertiary/aromatic N) is 3. The Kier molecular flexibility index (Phi) is 2.72. The van der Waals surface area contributed by atoms with E-state index < -0.39 is 4.92 Å². The van der Waals surface area contributed by atoms with Crippen molar-refractivity contribution in [3.8, 4) is 0 Å². The van der Waals surface area contributed by atoms with Gasteiger partial charge in [-0.2, -0.15) is 0 Å². The highest BCUT2D eigenvalue weighted by molar-refractivity contribution is 5.34. The van der Waals surface area contributed by atoms with E-state index in [0.29, 0.717) is 5.95 Å². The Balaban J connectivity index is 2.07. The minimum absolute atomic E-state index is 0.0790. The maximum Gasteiger partial charge on any atom is 0.305 e. The average molecular weight is 222 g/mol. The molecule has 16 heavy (non-hydrogen) atoms. The van der Waals surface area contributed by atoms with Gasteiger partial charge in [0.15, 0.2) is 0 Å². The molecule has 1 aromatic heterocycles. The summed E-state index contributed by atoms with van der Waals surface area (Å²) in [5, 5.41) is 13.7. The number of hydrogen-bond donors (Lipinski definition) is 1. The Morgan fingerprint density at radius 1 is 1.50 bits per heavy atom. The summed E-state index contributed by atoms with van der Waals surface area (Å²) in [7, 11) is 0. The lowest BCUT2D eigenvalue weighted by Gasteiger charge is -2.41. The first-order chi connectivity index (χ1) is 7.65. The van der Waals surface area contributed by atoms with E-state index in [1.807, 2.05) is 0 Å². The molecule has 0 aliphatic heterocycles. The molecule has 1 aliphatic rings. The first kappa shape index (κ1) is 10.8. The van der Waals surface area contributed by atoms with Crippen LogP contribution in [0.15, 0.2) is 12.4 Å². The first-order valence-corrected chi connectivity index (χ1v) is 5.40. The fourth-order valence-corrected chi connectivity index (χ4v) is 1.89. The van der Waals surface area contributed by atoms with E-state index in [4.69, 9.17) is 0 Å². The van der Waals surface area contributed by atoms with Crippen LogP contribution in [0.4, 0.5) is 11.6 Å². The maximum atomic E-state index is 10.4. The number of anilines is 1. The van der Waals surface area contributed by atoms with E-state index in [0.717, 1.165) is 19.3 Å². The molecule has 2 rings (SSSR count). The molecule has 86 valence electrons. The molecular formula is C10H14N4O2.